The molecule has 0 saturated carbocycles. The number of pyridine rings is 1. The molecule has 4 N–H and O–H groups in total. The third kappa shape index (κ3) is 4.36. The van der Waals surface area contributed by atoms with Gasteiger partial charge in [0.15, 0.2) is 5.82 Å². The van der Waals surface area contributed by atoms with E-state index in [1.54, 1.807) is 6.20 Å². The summed E-state index contributed by atoms with van der Waals surface area (Å²) in [6, 6.07) is 4.12. The van der Waals surface area contributed by atoms with Gasteiger partial charge in [-0.05, 0) is 50.7 Å². The van der Waals surface area contributed by atoms with Crippen LogP contribution in [0.3, 0.4) is 0 Å². The van der Waals surface area contributed by atoms with Crippen molar-refractivity contribution in [2.24, 2.45) is 5.92 Å². The highest BCUT2D eigenvalue weighted by Gasteiger charge is 2.22. The topological polar surface area (TPSA) is 81.3 Å². The lowest BCUT2D eigenvalue weighted by Crippen LogP contribution is -2.31. The van der Waals surface area contributed by atoms with Crippen molar-refractivity contribution in [3.05, 3.63) is 18.3 Å². The van der Waals surface area contributed by atoms with Crippen LogP contribution in [-0.4, -0.2) is 43.2 Å². The molecule has 0 spiro atoms. The van der Waals surface area contributed by atoms with Crippen molar-refractivity contribution in [3.8, 4) is 0 Å². The Balaban J connectivity index is 1.43. The SMILES string of the molecule is CC1NNCC1CCCNC(=O)Nc1cccnc1N1CCCC1. The van der Waals surface area contributed by atoms with Gasteiger partial charge in [-0.3, -0.25) is 10.9 Å². The Labute approximate surface area is 143 Å². The van der Waals surface area contributed by atoms with Gasteiger partial charge in [0.2, 0.25) is 0 Å². The zero-order chi connectivity index (χ0) is 16.8. The minimum atomic E-state index is -0.154. The molecule has 0 aliphatic carbocycles. The molecule has 2 fully saturated rings. The maximum atomic E-state index is 12.1. The van der Waals surface area contributed by atoms with Gasteiger partial charge in [0, 0.05) is 38.4 Å². The molecule has 0 aromatic carbocycles. The first-order chi connectivity index (χ1) is 11.7. The van der Waals surface area contributed by atoms with Crippen LogP contribution in [0.2, 0.25) is 0 Å². The largest absolute Gasteiger partial charge is 0.355 e. The van der Waals surface area contributed by atoms with Gasteiger partial charge in [0.1, 0.15) is 0 Å². The van der Waals surface area contributed by atoms with E-state index < -0.39 is 0 Å². The fourth-order valence-electron chi connectivity index (χ4n) is 3.41. The fraction of sp³-hybridized carbons (Fsp3) is 0.647. The Bertz CT molecular complexity index is 546. The van der Waals surface area contributed by atoms with Crippen LogP contribution >= 0.6 is 0 Å². The smallest absolute Gasteiger partial charge is 0.319 e. The van der Waals surface area contributed by atoms with Crippen molar-refractivity contribution in [1.29, 1.82) is 0 Å². The summed E-state index contributed by atoms with van der Waals surface area (Å²) < 4.78 is 0. The Morgan fingerprint density at radius 1 is 1.42 bits per heavy atom. The lowest BCUT2D eigenvalue weighted by molar-refractivity contribution is 0.251. The maximum absolute atomic E-state index is 12.1. The molecule has 132 valence electrons. The number of carbonyl (C=O) groups is 1. The summed E-state index contributed by atoms with van der Waals surface area (Å²) in [7, 11) is 0. The van der Waals surface area contributed by atoms with Gasteiger partial charge in [-0.2, -0.15) is 0 Å². The minimum Gasteiger partial charge on any atom is -0.355 e. The number of nitrogens with one attached hydrogen (secondary N) is 4. The zero-order valence-corrected chi connectivity index (χ0v) is 14.3. The highest BCUT2D eigenvalue weighted by Crippen LogP contribution is 2.25. The number of urea groups is 1. The second-order valence-electron chi connectivity index (χ2n) is 6.67. The average molecular weight is 332 g/mol. The van der Waals surface area contributed by atoms with E-state index >= 15 is 0 Å². The molecule has 2 unspecified atom stereocenters. The standard InChI is InChI=1S/C17H28N6O/c1-13-14(12-20-22-13)6-4-9-19-17(24)21-15-7-5-8-18-16(15)23-10-2-3-11-23/h5,7-8,13-14,20,22H,2-4,6,9-12H2,1H3,(H2,19,21,24). The Morgan fingerprint density at radius 3 is 3.00 bits per heavy atom. The van der Waals surface area contributed by atoms with E-state index in [4.69, 9.17) is 0 Å². The number of anilines is 2. The van der Waals surface area contributed by atoms with Gasteiger partial charge in [-0.25, -0.2) is 9.78 Å². The molecule has 3 rings (SSSR count). The molecule has 3 heterocycles. The number of rotatable bonds is 6. The quantitative estimate of drug-likeness (QED) is 0.596. The number of hydrogen-bond acceptors (Lipinski definition) is 5. The Hall–Kier alpha value is -1.86. The second kappa shape index (κ2) is 8.30. The van der Waals surface area contributed by atoms with Crippen LogP contribution in [0.4, 0.5) is 16.3 Å². The van der Waals surface area contributed by atoms with Gasteiger partial charge in [0.25, 0.3) is 0 Å². The van der Waals surface area contributed by atoms with E-state index in [1.807, 2.05) is 12.1 Å². The molecule has 2 aliphatic heterocycles. The molecule has 2 amide bonds. The van der Waals surface area contributed by atoms with Gasteiger partial charge in [-0.1, -0.05) is 0 Å². The minimum absolute atomic E-state index is 0.154. The van der Waals surface area contributed by atoms with E-state index in [0.717, 1.165) is 44.0 Å². The molecule has 7 nitrogen and oxygen atoms in total. The molecule has 1 aromatic heterocycles. The molecule has 0 bridgehead atoms. The van der Waals surface area contributed by atoms with Gasteiger partial charge < -0.3 is 15.5 Å². The van der Waals surface area contributed by atoms with E-state index in [2.05, 4.69) is 38.3 Å². The monoisotopic (exact) mass is 332 g/mol. The van der Waals surface area contributed by atoms with Gasteiger partial charge in [-0.15, -0.1) is 0 Å². The van der Waals surface area contributed by atoms with Crippen molar-refractivity contribution in [2.75, 3.05) is 36.4 Å². The number of aromatic nitrogens is 1. The second-order valence-corrected chi connectivity index (χ2v) is 6.67. The van der Waals surface area contributed by atoms with Gasteiger partial charge in [0.05, 0.1) is 5.69 Å². The third-order valence-electron chi connectivity index (χ3n) is 4.88. The lowest BCUT2D eigenvalue weighted by Gasteiger charge is -2.20. The Morgan fingerprint density at radius 2 is 2.25 bits per heavy atom. The van der Waals surface area contributed by atoms with E-state index in [1.165, 1.54) is 12.8 Å². The van der Waals surface area contributed by atoms with Crippen LogP contribution in [0.5, 0.6) is 0 Å². The van der Waals surface area contributed by atoms with Crippen molar-refractivity contribution in [1.82, 2.24) is 21.2 Å². The van der Waals surface area contributed by atoms with E-state index in [0.29, 0.717) is 18.5 Å². The lowest BCUT2D eigenvalue weighted by atomic mass is 9.98. The molecule has 2 saturated heterocycles. The van der Waals surface area contributed by atoms with Crippen molar-refractivity contribution in [3.63, 3.8) is 0 Å². The third-order valence-corrected chi connectivity index (χ3v) is 4.88. The summed E-state index contributed by atoms with van der Waals surface area (Å²) in [6.07, 6.45) is 6.24. The summed E-state index contributed by atoms with van der Waals surface area (Å²) in [5.41, 5.74) is 7.19. The van der Waals surface area contributed by atoms with Crippen molar-refractivity contribution in [2.45, 2.75) is 38.6 Å². The molecule has 1 aromatic rings. The summed E-state index contributed by atoms with van der Waals surface area (Å²) in [5.74, 6) is 1.51. The van der Waals surface area contributed by atoms with Crippen LogP contribution in [0.25, 0.3) is 0 Å². The van der Waals surface area contributed by atoms with Crippen LogP contribution in [0.1, 0.15) is 32.6 Å². The highest BCUT2D eigenvalue weighted by atomic mass is 16.2. The fourth-order valence-corrected chi connectivity index (χ4v) is 3.41. The average Bonchev–Trinajstić information content (AvgIpc) is 3.24. The van der Waals surface area contributed by atoms with Crippen molar-refractivity contribution >= 4 is 17.5 Å². The molecule has 2 aliphatic rings. The predicted molar refractivity (Wildman–Crippen MR) is 96.0 cm³/mol. The number of hydrazine groups is 1. The molecular weight excluding hydrogens is 304 g/mol. The zero-order valence-electron chi connectivity index (χ0n) is 14.3. The molecule has 24 heavy (non-hydrogen) atoms. The number of amides is 2. The van der Waals surface area contributed by atoms with Gasteiger partial charge >= 0.3 is 6.03 Å². The van der Waals surface area contributed by atoms with E-state index in [-0.39, 0.29) is 6.03 Å². The van der Waals surface area contributed by atoms with E-state index in [9.17, 15) is 4.79 Å². The first-order valence-electron chi connectivity index (χ1n) is 8.97. The van der Waals surface area contributed by atoms with Crippen LogP contribution < -0.4 is 26.4 Å². The highest BCUT2D eigenvalue weighted by molar-refractivity contribution is 5.92. The summed E-state index contributed by atoms with van der Waals surface area (Å²) >= 11 is 0. The predicted octanol–water partition coefficient (Wildman–Crippen LogP) is 1.70. The van der Waals surface area contributed by atoms with Crippen LogP contribution in [-0.2, 0) is 0 Å². The number of carbonyl (C=O) groups excluding carboxylic acids is 1. The normalized spacial score (nSPS) is 23.5. The molecule has 2 atom stereocenters. The molecule has 7 heteroatoms. The first-order valence-corrected chi connectivity index (χ1v) is 8.97. The first kappa shape index (κ1) is 17.0. The van der Waals surface area contributed by atoms with Crippen LogP contribution in [0.15, 0.2) is 18.3 Å². The molecular formula is C17H28N6O. The maximum Gasteiger partial charge on any atom is 0.319 e. The Kier molecular flexibility index (Phi) is 5.87. The summed E-state index contributed by atoms with van der Waals surface area (Å²) in [4.78, 5) is 18.8. The summed E-state index contributed by atoms with van der Waals surface area (Å²) in [6.45, 7) is 5.90. The van der Waals surface area contributed by atoms with Crippen molar-refractivity contribution < 1.29 is 4.79 Å². The van der Waals surface area contributed by atoms with Crippen LogP contribution in [0, 0.1) is 5.92 Å². The number of hydrogen-bond donors (Lipinski definition) is 4. The summed E-state index contributed by atoms with van der Waals surface area (Å²) in [5, 5.41) is 5.90. The molecule has 0 radical (unpaired) electrons. The number of nitrogens with zero attached hydrogens (tertiary/aromatic N) is 2.